The first-order valence-electron chi connectivity index (χ1n) is 11.4. The number of hydrogen-bond donors (Lipinski definition) is 0. The van der Waals surface area contributed by atoms with E-state index in [2.05, 4.69) is 4.99 Å². The number of rotatable bonds is 6. The minimum Gasteiger partial charge on any atom is -0.465 e. The lowest BCUT2D eigenvalue weighted by molar-refractivity contribution is -0.139. The Morgan fingerprint density at radius 1 is 1.08 bits per heavy atom. The van der Waals surface area contributed by atoms with E-state index in [1.54, 1.807) is 48.8 Å². The number of carbonyl (C=O) groups is 2. The van der Waals surface area contributed by atoms with E-state index >= 15 is 0 Å². The van der Waals surface area contributed by atoms with E-state index in [9.17, 15) is 14.4 Å². The zero-order valence-electron chi connectivity index (χ0n) is 20.8. The van der Waals surface area contributed by atoms with E-state index in [-0.39, 0.29) is 12.2 Å². The topological polar surface area (TPSA) is 90.2 Å². The summed E-state index contributed by atoms with van der Waals surface area (Å²) in [5.41, 5.74) is 3.56. The van der Waals surface area contributed by atoms with Gasteiger partial charge in [-0.05, 0) is 55.3 Å². The van der Waals surface area contributed by atoms with Crippen LogP contribution in [0.5, 0.6) is 0 Å². The lowest BCUT2D eigenvalue weighted by atomic mass is 9.95. The Labute approximate surface area is 212 Å². The average Bonchev–Trinajstić information content (AvgIpc) is 3.17. The molecule has 0 amide bonds. The van der Waals surface area contributed by atoms with Gasteiger partial charge in [0.25, 0.3) is 5.56 Å². The van der Waals surface area contributed by atoms with Gasteiger partial charge >= 0.3 is 11.9 Å². The van der Waals surface area contributed by atoms with Gasteiger partial charge < -0.3 is 14.4 Å². The van der Waals surface area contributed by atoms with E-state index in [1.807, 2.05) is 43.3 Å². The maximum atomic E-state index is 13.7. The molecule has 1 atom stereocenters. The number of fused-ring (bicyclic) bond motifs is 1. The third-order valence-electron chi connectivity index (χ3n) is 5.87. The summed E-state index contributed by atoms with van der Waals surface area (Å²) in [5.74, 6) is -0.920. The normalized spacial score (nSPS) is 15.2. The molecule has 36 heavy (non-hydrogen) atoms. The molecule has 8 nitrogen and oxygen atoms in total. The van der Waals surface area contributed by atoms with E-state index in [1.165, 1.54) is 18.4 Å². The van der Waals surface area contributed by atoms with Gasteiger partial charge in [0.1, 0.15) is 0 Å². The number of anilines is 1. The van der Waals surface area contributed by atoms with Crippen molar-refractivity contribution in [1.82, 2.24) is 4.57 Å². The lowest BCUT2D eigenvalue weighted by Crippen LogP contribution is -2.39. The van der Waals surface area contributed by atoms with Crippen molar-refractivity contribution in [2.24, 2.45) is 4.99 Å². The number of ether oxygens (including phenoxy) is 2. The number of benzene rings is 2. The van der Waals surface area contributed by atoms with Crippen LogP contribution in [0, 0.1) is 0 Å². The molecular weight excluding hydrogens is 478 g/mol. The van der Waals surface area contributed by atoms with Crippen molar-refractivity contribution in [3.63, 3.8) is 0 Å². The van der Waals surface area contributed by atoms with Crippen LogP contribution in [0.25, 0.3) is 6.08 Å². The molecular formula is C27H27N3O5S. The summed E-state index contributed by atoms with van der Waals surface area (Å²) in [4.78, 5) is 45.4. The van der Waals surface area contributed by atoms with Gasteiger partial charge in [0.2, 0.25) is 0 Å². The second-order valence-electron chi connectivity index (χ2n) is 8.40. The Kier molecular flexibility index (Phi) is 7.21. The number of methoxy groups -OCH3 is 1. The lowest BCUT2D eigenvalue weighted by Gasteiger charge is -2.25. The third kappa shape index (κ3) is 4.74. The molecule has 0 spiro atoms. The highest BCUT2D eigenvalue weighted by molar-refractivity contribution is 7.07. The molecule has 1 aliphatic rings. The number of carbonyl (C=O) groups excluding carboxylic acids is 2. The van der Waals surface area contributed by atoms with Gasteiger partial charge in [-0.1, -0.05) is 35.6 Å². The molecule has 2 heterocycles. The summed E-state index contributed by atoms with van der Waals surface area (Å²) in [7, 11) is 5.22. The highest BCUT2D eigenvalue weighted by Gasteiger charge is 2.33. The first-order chi connectivity index (χ1) is 17.2. The summed E-state index contributed by atoms with van der Waals surface area (Å²) in [5, 5.41) is 0. The molecule has 1 aromatic heterocycles. The molecule has 186 valence electrons. The van der Waals surface area contributed by atoms with Gasteiger partial charge in [-0.25, -0.2) is 14.6 Å². The second kappa shape index (κ2) is 10.3. The number of hydrogen-bond acceptors (Lipinski definition) is 8. The standard InChI is InChI=1S/C27H27N3O5S/c1-6-35-26(33)22-16(2)28-27-30(23(22)18-11-13-20(14-12-18)29(3)4)24(31)21(36-27)15-17-7-9-19(10-8-17)25(32)34-5/h7-15,23H,6H2,1-5H3/b21-15+/t23-/m0/s1. The quantitative estimate of drug-likeness (QED) is 0.479. The minimum atomic E-state index is -0.666. The molecule has 0 N–H and O–H groups in total. The van der Waals surface area contributed by atoms with Gasteiger partial charge in [-0.15, -0.1) is 0 Å². The van der Waals surface area contributed by atoms with E-state index in [0.717, 1.165) is 16.8 Å². The van der Waals surface area contributed by atoms with E-state index < -0.39 is 18.0 Å². The molecule has 0 aliphatic carbocycles. The summed E-state index contributed by atoms with van der Waals surface area (Å²) in [6.45, 7) is 3.72. The van der Waals surface area contributed by atoms with E-state index in [0.29, 0.717) is 26.2 Å². The first-order valence-corrected chi connectivity index (χ1v) is 12.2. The van der Waals surface area contributed by atoms with Crippen LogP contribution >= 0.6 is 11.3 Å². The predicted molar refractivity (Wildman–Crippen MR) is 139 cm³/mol. The fraction of sp³-hybridized carbons (Fsp3) is 0.259. The first kappa shape index (κ1) is 25.1. The van der Waals surface area contributed by atoms with Crippen molar-refractivity contribution in [2.45, 2.75) is 19.9 Å². The number of esters is 2. The molecule has 0 fully saturated rings. The van der Waals surface area contributed by atoms with Crippen LogP contribution in [0.4, 0.5) is 5.69 Å². The molecule has 9 heteroatoms. The number of nitrogens with zero attached hydrogens (tertiary/aromatic N) is 3. The van der Waals surface area contributed by atoms with Crippen molar-refractivity contribution in [3.8, 4) is 0 Å². The van der Waals surface area contributed by atoms with Gasteiger partial charge in [0.05, 0.1) is 41.1 Å². The van der Waals surface area contributed by atoms with Crippen molar-refractivity contribution in [2.75, 3.05) is 32.7 Å². The summed E-state index contributed by atoms with van der Waals surface area (Å²) in [6, 6.07) is 13.9. The monoisotopic (exact) mass is 505 g/mol. The zero-order chi connectivity index (χ0) is 26.0. The molecule has 0 radical (unpaired) electrons. The van der Waals surface area contributed by atoms with Crippen LogP contribution in [0.2, 0.25) is 0 Å². The number of allylic oxidation sites excluding steroid dienone is 1. The Morgan fingerprint density at radius 2 is 1.75 bits per heavy atom. The molecule has 3 aromatic rings. The molecule has 2 aromatic carbocycles. The Morgan fingerprint density at radius 3 is 2.33 bits per heavy atom. The van der Waals surface area contributed by atoms with Crippen LogP contribution in [-0.2, 0) is 14.3 Å². The summed E-state index contributed by atoms with van der Waals surface area (Å²) < 4.78 is 12.1. The Hall–Kier alpha value is -3.98. The van der Waals surface area contributed by atoms with Gasteiger partial charge in [-0.2, -0.15) is 0 Å². The van der Waals surface area contributed by atoms with Crippen LogP contribution in [0.3, 0.4) is 0 Å². The van der Waals surface area contributed by atoms with Crippen molar-refractivity contribution in [3.05, 3.63) is 96.2 Å². The smallest absolute Gasteiger partial charge is 0.338 e. The SMILES string of the molecule is CCOC(=O)C1=C(C)N=c2s/c(=C/c3ccc(C(=O)OC)cc3)c(=O)n2[C@H]1c1ccc(N(C)C)cc1. The van der Waals surface area contributed by atoms with E-state index in [4.69, 9.17) is 9.47 Å². The summed E-state index contributed by atoms with van der Waals surface area (Å²) in [6.07, 6.45) is 1.75. The maximum Gasteiger partial charge on any atom is 0.338 e. The Balaban J connectivity index is 1.87. The van der Waals surface area contributed by atoms with Crippen LogP contribution in [0.15, 0.2) is 69.6 Å². The number of thiazole rings is 1. The van der Waals surface area contributed by atoms with Crippen LogP contribution < -0.4 is 19.8 Å². The summed E-state index contributed by atoms with van der Waals surface area (Å²) >= 11 is 1.25. The highest BCUT2D eigenvalue weighted by atomic mass is 32.1. The molecule has 4 rings (SSSR count). The molecule has 0 saturated heterocycles. The third-order valence-corrected chi connectivity index (χ3v) is 6.85. The number of aromatic nitrogens is 1. The van der Waals surface area contributed by atoms with Gasteiger partial charge in [0, 0.05) is 19.8 Å². The fourth-order valence-electron chi connectivity index (χ4n) is 4.05. The average molecular weight is 506 g/mol. The maximum absolute atomic E-state index is 13.7. The molecule has 0 saturated carbocycles. The van der Waals surface area contributed by atoms with Crippen molar-refractivity contribution < 1.29 is 19.1 Å². The minimum absolute atomic E-state index is 0.216. The van der Waals surface area contributed by atoms with Gasteiger partial charge in [-0.3, -0.25) is 9.36 Å². The molecule has 0 unspecified atom stereocenters. The van der Waals surface area contributed by atoms with Crippen molar-refractivity contribution >= 4 is 35.0 Å². The molecule has 1 aliphatic heterocycles. The highest BCUT2D eigenvalue weighted by Crippen LogP contribution is 2.31. The van der Waals surface area contributed by atoms with Crippen LogP contribution in [-0.4, -0.2) is 44.3 Å². The zero-order valence-corrected chi connectivity index (χ0v) is 21.6. The van der Waals surface area contributed by atoms with Gasteiger partial charge in [0.15, 0.2) is 4.80 Å². The largest absolute Gasteiger partial charge is 0.465 e. The predicted octanol–water partition coefficient (Wildman–Crippen LogP) is 2.65. The van der Waals surface area contributed by atoms with Crippen LogP contribution in [0.1, 0.15) is 41.4 Å². The Bertz CT molecular complexity index is 1510. The van der Waals surface area contributed by atoms with Crippen molar-refractivity contribution in [1.29, 1.82) is 0 Å². The molecule has 0 bridgehead atoms. The second-order valence-corrected chi connectivity index (χ2v) is 9.41. The fourth-order valence-corrected chi connectivity index (χ4v) is 5.09.